The molecule has 0 aliphatic heterocycles. The fraction of sp³-hybridized carbons (Fsp3) is 0.250. The minimum atomic E-state index is -0.225. The van der Waals surface area contributed by atoms with Gasteiger partial charge in [0.2, 0.25) is 0 Å². The van der Waals surface area contributed by atoms with Gasteiger partial charge in [-0.3, -0.25) is 0 Å². The van der Waals surface area contributed by atoms with E-state index in [0.29, 0.717) is 17.6 Å². The Hall–Kier alpha value is -1.39. The van der Waals surface area contributed by atoms with E-state index in [-0.39, 0.29) is 5.82 Å². The van der Waals surface area contributed by atoms with Gasteiger partial charge in [-0.15, -0.1) is 0 Å². The molecule has 0 spiro atoms. The normalized spacial score (nSPS) is 10.5. The lowest BCUT2D eigenvalue weighted by molar-refractivity contribution is 0.308. The van der Waals surface area contributed by atoms with Crippen LogP contribution in [-0.2, 0) is 6.54 Å². The second-order valence-corrected chi connectivity index (χ2v) is 5.20. The van der Waals surface area contributed by atoms with Crippen LogP contribution in [0.25, 0.3) is 0 Å². The van der Waals surface area contributed by atoms with Crippen LogP contribution in [-0.4, -0.2) is 13.2 Å². The largest absolute Gasteiger partial charge is 0.494 e. The minimum absolute atomic E-state index is 0.225. The summed E-state index contributed by atoms with van der Waals surface area (Å²) in [7, 11) is 0. The molecule has 20 heavy (non-hydrogen) atoms. The number of benzene rings is 2. The van der Waals surface area contributed by atoms with E-state index < -0.39 is 0 Å². The van der Waals surface area contributed by atoms with Crippen LogP contribution in [0.1, 0.15) is 12.0 Å². The standard InChI is InChI=1S/C16H17BrFNO/c17-16-13(6-4-9-15(16)18)12-19-10-5-11-20-14-7-2-1-3-8-14/h1-4,6-9,19H,5,10-12H2. The zero-order chi connectivity index (χ0) is 14.2. The maximum Gasteiger partial charge on any atom is 0.137 e. The van der Waals surface area contributed by atoms with Crippen molar-refractivity contribution in [2.45, 2.75) is 13.0 Å². The van der Waals surface area contributed by atoms with Gasteiger partial charge in [0.1, 0.15) is 11.6 Å². The Morgan fingerprint density at radius 3 is 2.65 bits per heavy atom. The second-order valence-electron chi connectivity index (χ2n) is 4.40. The Morgan fingerprint density at radius 2 is 1.85 bits per heavy atom. The van der Waals surface area contributed by atoms with Crippen LogP contribution >= 0.6 is 15.9 Å². The number of hydrogen-bond donors (Lipinski definition) is 1. The molecule has 0 saturated heterocycles. The first-order valence-electron chi connectivity index (χ1n) is 6.59. The number of rotatable bonds is 7. The SMILES string of the molecule is Fc1cccc(CNCCCOc2ccccc2)c1Br. The monoisotopic (exact) mass is 337 g/mol. The number of ether oxygens (including phenoxy) is 1. The first-order valence-corrected chi connectivity index (χ1v) is 7.38. The van der Waals surface area contributed by atoms with Crippen molar-refractivity contribution in [3.63, 3.8) is 0 Å². The van der Waals surface area contributed by atoms with Crippen LogP contribution in [0.4, 0.5) is 4.39 Å². The van der Waals surface area contributed by atoms with Gasteiger partial charge in [-0.1, -0.05) is 30.3 Å². The lowest BCUT2D eigenvalue weighted by Crippen LogP contribution is -2.17. The van der Waals surface area contributed by atoms with E-state index in [9.17, 15) is 4.39 Å². The van der Waals surface area contributed by atoms with Crippen molar-refractivity contribution in [2.24, 2.45) is 0 Å². The lowest BCUT2D eigenvalue weighted by atomic mass is 10.2. The summed E-state index contributed by atoms with van der Waals surface area (Å²) in [6.07, 6.45) is 0.905. The molecule has 106 valence electrons. The molecule has 0 bridgehead atoms. The van der Waals surface area contributed by atoms with Gasteiger partial charge >= 0.3 is 0 Å². The Balaban J connectivity index is 1.63. The minimum Gasteiger partial charge on any atom is -0.494 e. The van der Waals surface area contributed by atoms with E-state index in [1.54, 1.807) is 6.07 Å². The van der Waals surface area contributed by atoms with Gasteiger partial charge in [0.05, 0.1) is 11.1 Å². The Kier molecular flexibility index (Phi) is 6.02. The summed E-state index contributed by atoms with van der Waals surface area (Å²) in [6, 6.07) is 14.8. The number of halogens is 2. The molecule has 2 nitrogen and oxygen atoms in total. The molecule has 1 N–H and O–H groups in total. The van der Waals surface area contributed by atoms with Gasteiger partial charge in [0, 0.05) is 6.54 Å². The van der Waals surface area contributed by atoms with Crippen molar-refractivity contribution in [2.75, 3.05) is 13.2 Å². The van der Waals surface area contributed by atoms with Crippen LogP contribution in [0.5, 0.6) is 5.75 Å². The molecule has 2 aromatic rings. The third kappa shape index (κ3) is 4.62. The zero-order valence-electron chi connectivity index (χ0n) is 11.1. The van der Waals surface area contributed by atoms with E-state index in [1.807, 2.05) is 36.4 Å². The van der Waals surface area contributed by atoms with E-state index in [4.69, 9.17) is 4.74 Å². The van der Waals surface area contributed by atoms with Crippen molar-refractivity contribution >= 4 is 15.9 Å². The highest BCUT2D eigenvalue weighted by molar-refractivity contribution is 9.10. The molecule has 2 aromatic carbocycles. The summed E-state index contributed by atoms with van der Waals surface area (Å²) in [5.74, 6) is 0.664. The van der Waals surface area contributed by atoms with Gasteiger partial charge in [-0.05, 0) is 52.7 Å². The smallest absolute Gasteiger partial charge is 0.137 e. The molecule has 2 rings (SSSR count). The molecule has 0 amide bonds. The Bertz CT molecular complexity index is 533. The summed E-state index contributed by atoms with van der Waals surface area (Å²) in [5.41, 5.74) is 0.925. The van der Waals surface area contributed by atoms with Crippen molar-refractivity contribution in [1.29, 1.82) is 0 Å². The lowest BCUT2D eigenvalue weighted by Gasteiger charge is -2.08. The average Bonchev–Trinajstić information content (AvgIpc) is 2.48. The highest BCUT2D eigenvalue weighted by atomic mass is 79.9. The molecule has 0 fully saturated rings. The van der Waals surface area contributed by atoms with Crippen LogP contribution in [0.15, 0.2) is 53.0 Å². The second kappa shape index (κ2) is 8.02. The Morgan fingerprint density at radius 1 is 1.05 bits per heavy atom. The summed E-state index contributed by atoms with van der Waals surface area (Å²) in [5, 5.41) is 3.28. The molecule has 4 heteroatoms. The van der Waals surface area contributed by atoms with Gasteiger partial charge in [-0.25, -0.2) is 4.39 Å². The molecule has 0 unspecified atom stereocenters. The molecule has 0 heterocycles. The number of nitrogens with one attached hydrogen (secondary N) is 1. The zero-order valence-corrected chi connectivity index (χ0v) is 12.7. The molecule has 0 radical (unpaired) electrons. The van der Waals surface area contributed by atoms with Crippen molar-refractivity contribution in [3.8, 4) is 5.75 Å². The van der Waals surface area contributed by atoms with Gasteiger partial charge in [0.15, 0.2) is 0 Å². The molecule has 0 aliphatic carbocycles. The van der Waals surface area contributed by atoms with E-state index in [1.165, 1.54) is 6.07 Å². The first kappa shape index (κ1) is 15.0. The summed E-state index contributed by atoms with van der Waals surface area (Å²) >= 11 is 3.25. The number of hydrogen-bond acceptors (Lipinski definition) is 2. The van der Waals surface area contributed by atoms with Crippen LogP contribution in [0, 0.1) is 5.82 Å². The topological polar surface area (TPSA) is 21.3 Å². The van der Waals surface area contributed by atoms with Crippen LogP contribution in [0.3, 0.4) is 0 Å². The van der Waals surface area contributed by atoms with Crippen molar-refractivity contribution in [1.82, 2.24) is 5.32 Å². The molecular weight excluding hydrogens is 321 g/mol. The highest BCUT2D eigenvalue weighted by Crippen LogP contribution is 2.19. The third-order valence-corrected chi connectivity index (χ3v) is 3.74. The quantitative estimate of drug-likeness (QED) is 0.766. The van der Waals surface area contributed by atoms with Crippen LogP contribution in [0.2, 0.25) is 0 Å². The van der Waals surface area contributed by atoms with E-state index in [0.717, 1.165) is 24.3 Å². The van der Waals surface area contributed by atoms with Crippen molar-refractivity contribution < 1.29 is 9.13 Å². The maximum absolute atomic E-state index is 13.3. The number of para-hydroxylation sites is 1. The predicted octanol–water partition coefficient (Wildman–Crippen LogP) is 4.15. The first-order chi connectivity index (χ1) is 9.77. The summed E-state index contributed by atoms with van der Waals surface area (Å²) in [4.78, 5) is 0. The van der Waals surface area contributed by atoms with E-state index >= 15 is 0 Å². The maximum atomic E-state index is 13.3. The van der Waals surface area contributed by atoms with Gasteiger partial charge in [0.25, 0.3) is 0 Å². The fourth-order valence-corrected chi connectivity index (χ4v) is 2.22. The van der Waals surface area contributed by atoms with Crippen molar-refractivity contribution in [3.05, 3.63) is 64.4 Å². The Labute approximate surface area is 127 Å². The highest BCUT2D eigenvalue weighted by Gasteiger charge is 2.03. The van der Waals surface area contributed by atoms with E-state index in [2.05, 4.69) is 21.2 Å². The molecule has 0 aromatic heterocycles. The van der Waals surface area contributed by atoms with Gasteiger partial charge in [-0.2, -0.15) is 0 Å². The summed E-state index contributed by atoms with van der Waals surface area (Å²) in [6.45, 7) is 2.14. The fourth-order valence-electron chi connectivity index (χ4n) is 1.81. The molecule has 0 saturated carbocycles. The third-order valence-electron chi connectivity index (χ3n) is 2.86. The summed E-state index contributed by atoms with van der Waals surface area (Å²) < 4.78 is 19.4. The van der Waals surface area contributed by atoms with Gasteiger partial charge < -0.3 is 10.1 Å². The predicted molar refractivity (Wildman–Crippen MR) is 82.4 cm³/mol. The molecular formula is C16H17BrFNO. The molecule has 0 atom stereocenters. The van der Waals surface area contributed by atoms with Crippen LogP contribution < -0.4 is 10.1 Å². The molecule has 0 aliphatic rings. The average molecular weight is 338 g/mol.